The van der Waals surface area contributed by atoms with Crippen molar-refractivity contribution < 1.29 is 15.0 Å². The molecule has 0 amide bonds. The van der Waals surface area contributed by atoms with E-state index in [2.05, 4.69) is 0 Å². The molecule has 2 rings (SSSR count). The van der Waals surface area contributed by atoms with E-state index in [9.17, 15) is 25.3 Å². The molecule has 102 valence electrons. The van der Waals surface area contributed by atoms with Gasteiger partial charge in [0.15, 0.2) is 0 Å². The molecule has 1 aliphatic carbocycles. The van der Waals surface area contributed by atoms with Gasteiger partial charge in [0, 0.05) is 6.07 Å². The Hall–Kier alpha value is -2.18. The molecule has 7 heteroatoms. The SMILES string of the molecule is O=[N+]([O-])c1ccc(O)c(C2CCCCC2)c1[N+](=O)[O-]. The lowest BCUT2D eigenvalue weighted by Gasteiger charge is -2.22. The zero-order valence-corrected chi connectivity index (χ0v) is 10.2. The zero-order chi connectivity index (χ0) is 14.0. The van der Waals surface area contributed by atoms with Crippen molar-refractivity contribution in [2.75, 3.05) is 0 Å². The molecule has 19 heavy (non-hydrogen) atoms. The molecule has 1 aromatic rings. The minimum Gasteiger partial charge on any atom is -0.507 e. The van der Waals surface area contributed by atoms with Gasteiger partial charge in [0.2, 0.25) is 0 Å². The first-order valence-electron chi connectivity index (χ1n) is 6.17. The molecule has 1 aliphatic rings. The Labute approximate surface area is 109 Å². The van der Waals surface area contributed by atoms with E-state index in [0.717, 1.165) is 38.2 Å². The molecule has 1 fully saturated rings. The summed E-state index contributed by atoms with van der Waals surface area (Å²) in [4.78, 5) is 20.5. The molecule has 0 atom stereocenters. The summed E-state index contributed by atoms with van der Waals surface area (Å²) in [7, 11) is 0. The van der Waals surface area contributed by atoms with Crippen LogP contribution in [0.3, 0.4) is 0 Å². The average Bonchev–Trinajstić information content (AvgIpc) is 2.38. The van der Waals surface area contributed by atoms with Crippen LogP contribution in [0.25, 0.3) is 0 Å². The summed E-state index contributed by atoms with van der Waals surface area (Å²) < 4.78 is 0. The second-order valence-electron chi connectivity index (χ2n) is 4.72. The first-order valence-corrected chi connectivity index (χ1v) is 6.17. The summed E-state index contributed by atoms with van der Waals surface area (Å²) in [6.45, 7) is 0. The number of phenolic OH excluding ortho intramolecular Hbond substituents is 1. The van der Waals surface area contributed by atoms with Crippen LogP contribution in [0.5, 0.6) is 5.75 Å². The molecule has 1 N–H and O–H groups in total. The van der Waals surface area contributed by atoms with Crippen LogP contribution in [0.2, 0.25) is 0 Å². The van der Waals surface area contributed by atoms with Crippen LogP contribution in [-0.4, -0.2) is 15.0 Å². The van der Waals surface area contributed by atoms with E-state index in [4.69, 9.17) is 0 Å². The number of rotatable bonds is 3. The lowest BCUT2D eigenvalue weighted by atomic mass is 9.82. The molecule has 7 nitrogen and oxygen atoms in total. The minimum atomic E-state index is -0.774. The van der Waals surface area contributed by atoms with Gasteiger partial charge >= 0.3 is 11.4 Å². The minimum absolute atomic E-state index is 0.124. The highest BCUT2D eigenvalue weighted by atomic mass is 16.6. The number of benzene rings is 1. The number of nitro groups is 2. The van der Waals surface area contributed by atoms with Crippen molar-refractivity contribution in [3.05, 3.63) is 37.9 Å². The molecule has 1 aromatic carbocycles. The van der Waals surface area contributed by atoms with Crippen LogP contribution >= 0.6 is 0 Å². The maximum Gasteiger partial charge on any atom is 0.353 e. The summed E-state index contributed by atoms with van der Waals surface area (Å²) in [5, 5.41) is 31.9. The van der Waals surface area contributed by atoms with Crippen LogP contribution in [-0.2, 0) is 0 Å². The number of hydrogen-bond donors (Lipinski definition) is 1. The second-order valence-corrected chi connectivity index (χ2v) is 4.72. The monoisotopic (exact) mass is 266 g/mol. The van der Waals surface area contributed by atoms with Crippen molar-refractivity contribution >= 4 is 11.4 Å². The Kier molecular flexibility index (Phi) is 3.64. The molecule has 0 radical (unpaired) electrons. The van der Waals surface area contributed by atoms with E-state index in [1.807, 2.05) is 0 Å². The van der Waals surface area contributed by atoms with E-state index < -0.39 is 21.2 Å². The maximum atomic E-state index is 11.1. The largest absolute Gasteiger partial charge is 0.507 e. The van der Waals surface area contributed by atoms with E-state index >= 15 is 0 Å². The Morgan fingerprint density at radius 2 is 1.68 bits per heavy atom. The molecule has 0 aromatic heterocycles. The summed E-state index contributed by atoms with van der Waals surface area (Å²) in [6, 6.07) is 2.16. The third-order valence-corrected chi connectivity index (χ3v) is 3.57. The Morgan fingerprint density at radius 3 is 2.21 bits per heavy atom. The highest BCUT2D eigenvalue weighted by molar-refractivity contribution is 5.63. The standard InChI is InChI=1S/C12H14N2O5/c15-10-7-6-9(13(16)17)12(14(18)19)11(10)8-4-2-1-3-5-8/h6-8,15H,1-5H2. The molecule has 0 aliphatic heterocycles. The Bertz CT molecular complexity index is 523. The number of nitro benzene ring substituents is 2. The summed E-state index contributed by atoms with van der Waals surface area (Å²) >= 11 is 0. The molecule has 1 saturated carbocycles. The van der Waals surface area contributed by atoms with Crippen LogP contribution in [0.1, 0.15) is 43.6 Å². The van der Waals surface area contributed by atoms with Crippen LogP contribution in [0, 0.1) is 20.2 Å². The summed E-state index contributed by atoms with van der Waals surface area (Å²) in [6.07, 6.45) is 4.33. The van der Waals surface area contributed by atoms with Gasteiger partial charge in [-0.2, -0.15) is 0 Å². The summed E-state index contributed by atoms with van der Waals surface area (Å²) in [5.41, 5.74) is -0.987. The van der Waals surface area contributed by atoms with Crippen molar-refractivity contribution in [3.8, 4) is 5.75 Å². The Morgan fingerprint density at radius 1 is 1.05 bits per heavy atom. The van der Waals surface area contributed by atoms with Gasteiger partial charge in [-0.3, -0.25) is 20.2 Å². The molecule has 0 saturated heterocycles. The predicted molar refractivity (Wildman–Crippen MR) is 67.2 cm³/mol. The molecule has 0 spiro atoms. The van der Waals surface area contributed by atoms with Gasteiger partial charge in [0.1, 0.15) is 5.75 Å². The summed E-state index contributed by atoms with van der Waals surface area (Å²) in [5.74, 6) is -0.391. The maximum absolute atomic E-state index is 11.1. The lowest BCUT2D eigenvalue weighted by molar-refractivity contribution is -0.423. The highest BCUT2D eigenvalue weighted by Gasteiger charge is 2.35. The van der Waals surface area contributed by atoms with E-state index in [1.165, 1.54) is 6.07 Å². The quantitative estimate of drug-likeness (QED) is 0.667. The fourth-order valence-electron chi connectivity index (χ4n) is 2.72. The molecule has 0 unspecified atom stereocenters. The van der Waals surface area contributed by atoms with Gasteiger partial charge in [0.05, 0.1) is 15.4 Å². The van der Waals surface area contributed by atoms with Crippen molar-refractivity contribution in [2.24, 2.45) is 0 Å². The smallest absolute Gasteiger partial charge is 0.353 e. The second kappa shape index (κ2) is 5.21. The first kappa shape index (κ1) is 13.3. The fourth-order valence-corrected chi connectivity index (χ4v) is 2.72. The zero-order valence-electron chi connectivity index (χ0n) is 10.2. The van der Waals surface area contributed by atoms with Crippen LogP contribution in [0.15, 0.2) is 12.1 Å². The predicted octanol–water partition coefficient (Wildman–Crippen LogP) is 3.26. The normalized spacial score (nSPS) is 16.2. The van der Waals surface area contributed by atoms with Crippen molar-refractivity contribution in [1.82, 2.24) is 0 Å². The van der Waals surface area contributed by atoms with E-state index in [1.54, 1.807) is 0 Å². The van der Waals surface area contributed by atoms with Gasteiger partial charge in [-0.05, 0) is 24.8 Å². The molecule has 0 bridgehead atoms. The lowest BCUT2D eigenvalue weighted by Crippen LogP contribution is -2.09. The van der Waals surface area contributed by atoms with E-state index in [-0.39, 0.29) is 17.2 Å². The van der Waals surface area contributed by atoms with Gasteiger partial charge in [-0.25, -0.2) is 0 Å². The number of nitrogens with zero attached hydrogens (tertiary/aromatic N) is 2. The number of hydrogen-bond acceptors (Lipinski definition) is 5. The fraction of sp³-hybridized carbons (Fsp3) is 0.500. The average molecular weight is 266 g/mol. The molecule has 0 heterocycles. The molecular formula is C12H14N2O5. The molecular weight excluding hydrogens is 252 g/mol. The van der Waals surface area contributed by atoms with Crippen LogP contribution < -0.4 is 0 Å². The van der Waals surface area contributed by atoms with Crippen molar-refractivity contribution in [3.63, 3.8) is 0 Å². The Balaban J connectivity index is 2.59. The van der Waals surface area contributed by atoms with Gasteiger partial charge in [0.25, 0.3) is 0 Å². The first-order chi connectivity index (χ1) is 9.02. The number of aromatic hydroxyl groups is 1. The van der Waals surface area contributed by atoms with Gasteiger partial charge < -0.3 is 5.11 Å². The number of phenols is 1. The van der Waals surface area contributed by atoms with Gasteiger partial charge in [-0.15, -0.1) is 0 Å². The topological polar surface area (TPSA) is 107 Å². The third-order valence-electron chi connectivity index (χ3n) is 3.57. The van der Waals surface area contributed by atoms with Crippen LogP contribution in [0.4, 0.5) is 11.4 Å². The van der Waals surface area contributed by atoms with Gasteiger partial charge in [-0.1, -0.05) is 19.3 Å². The van der Waals surface area contributed by atoms with Crippen molar-refractivity contribution in [2.45, 2.75) is 38.0 Å². The highest BCUT2D eigenvalue weighted by Crippen LogP contribution is 2.45. The van der Waals surface area contributed by atoms with Crippen molar-refractivity contribution in [1.29, 1.82) is 0 Å². The third kappa shape index (κ3) is 2.49. The van der Waals surface area contributed by atoms with E-state index in [0.29, 0.717) is 0 Å².